The molecule has 0 bridgehead atoms. The average molecular weight is 313 g/mol. The van der Waals surface area contributed by atoms with E-state index in [4.69, 9.17) is 10.5 Å². The van der Waals surface area contributed by atoms with Crippen LogP contribution >= 0.6 is 12.4 Å². The molecule has 1 amide bonds. The average Bonchev–Trinajstić information content (AvgIpc) is 2.96. The number of carbonyl (C=O) groups excluding carboxylic acids is 1. The van der Waals surface area contributed by atoms with Crippen molar-refractivity contribution in [2.24, 2.45) is 11.7 Å². The van der Waals surface area contributed by atoms with E-state index < -0.39 is 0 Å². The van der Waals surface area contributed by atoms with Crippen LogP contribution in [-0.2, 0) is 4.79 Å². The zero-order chi connectivity index (χ0) is 14.4. The van der Waals surface area contributed by atoms with Crippen LogP contribution in [-0.4, -0.2) is 36.5 Å². The van der Waals surface area contributed by atoms with E-state index in [1.165, 1.54) is 0 Å². The van der Waals surface area contributed by atoms with Crippen molar-refractivity contribution < 1.29 is 9.53 Å². The smallest absolute Gasteiger partial charge is 0.225 e. The van der Waals surface area contributed by atoms with Crippen molar-refractivity contribution in [2.75, 3.05) is 19.7 Å². The van der Waals surface area contributed by atoms with Crippen molar-refractivity contribution in [2.45, 2.75) is 32.2 Å². The van der Waals surface area contributed by atoms with Crippen LogP contribution in [0.2, 0.25) is 0 Å². The summed E-state index contributed by atoms with van der Waals surface area (Å²) in [5.74, 6) is 1.06. The Balaban J connectivity index is 0.00000220. The van der Waals surface area contributed by atoms with E-state index in [0.29, 0.717) is 13.2 Å². The molecule has 0 aromatic heterocycles. The van der Waals surface area contributed by atoms with Gasteiger partial charge in [-0.25, -0.2) is 0 Å². The van der Waals surface area contributed by atoms with Gasteiger partial charge in [-0.05, 0) is 31.4 Å². The summed E-state index contributed by atoms with van der Waals surface area (Å²) in [5.41, 5.74) is 5.72. The van der Waals surface area contributed by atoms with Crippen molar-refractivity contribution in [3.05, 3.63) is 30.3 Å². The summed E-state index contributed by atoms with van der Waals surface area (Å²) in [4.78, 5) is 14.3. The number of amides is 1. The van der Waals surface area contributed by atoms with Crippen molar-refractivity contribution >= 4 is 18.3 Å². The molecule has 0 radical (unpaired) electrons. The number of hydrogen-bond donors (Lipinski definition) is 1. The van der Waals surface area contributed by atoms with Gasteiger partial charge in [-0.1, -0.05) is 25.1 Å². The first kappa shape index (κ1) is 17.8. The van der Waals surface area contributed by atoms with Gasteiger partial charge in [0.05, 0.1) is 6.61 Å². The van der Waals surface area contributed by atoms with Crippen LogP contribution in [0.1, 0.15) is 26.2 Å². The zero-order valence-corrected chi connectivity index (χ0v) is 13.3. The lowest BCUT2D eigenvalue weighted by atomic mass is 10.1. The predicted octanol–water partition coefficient (Wildman–Crippen LogP) is 2.46. The molecule has 21 heavy (non-hydrogen) atoms. The van der Waals surface area contributed by atoms with Gasteiger partial charge in [-0.3, -0.25) is 4.79 Å². The van der Waals surface area contributed by atoms with E-state index in [2.05, 4.69) is 0 Å². The van der Waals surface area contributed by atoms with Gasteiger partial charge < -0.3 is 15.4 Å². The maximum atomic E-state index is 12.4. The first-order valence-electron chi connectivity index (χ1n) is 7.40. The molecule has 4 nitrogen and oxygen atoms in total. The van der Waals surface area contributed by atoms with Crippen LogP contribution in [0.15, 0.2) is 30.3 Å². The monoisotopic (exact) mass is 312 g/mol. The molecule has 2 rings (SSSR count). The lowest BCUT2D eigenvalue weighted by molar-refractivity contribution is -0.136. The summed E-state index contributed by atoms with van der Waals surface area (Å²) in [5, 5.41) is 0. The van der Waals surface area contributed by atoms with Crippen LogP contribution < -0.4 is 10.5 Å². The molecule has 0 aliphatic carbocycles. The Morgan fingerprint density at radius 3 is 2.81 bits per heavy atom. The Bertz CT molecular complexity index is 428. The number of nitrogens with zero attached hydrogens (tertiary/aromatic N) is 1. The summed E-state index contributed by atoms with van der Waals surface area (Å²) in [6.45, 7) is 3.96. The van der Waals surface area contributed by atoms with Crippen molar-refractivity contribution in [1.82, 2.24) is 4.90 Å². The molecule has 2 atom stereocenters. The van der Waals surface area contributed by atoms with Gasteiger partial charge in [0.25, 0.3) is 0 Å². The fourth-order valence-corrected chi connectivity index (χ4v) is 2.65. The Kier molecular flexibility index (Phi) is 7.54. The second kappa shape index (κ2) is 8.90. The third-order valence-corrected chi connectivity index (χ3v) is 3.92. The second-order valence-electron chi connectivity index (χ2n) is 5.41. The van der Waals surface area contributed by atoms with Crippen molar-refractivity contribution in [1.29, 1.82) is 0 Å². The summed E-state index contributed by atoms with van der Waals surface area (Å²) in [6, 6.07) is 9.94. The number of ether oxygens (including phenoxy) is 1. The second-order valence-corrected chi connectivity index (χ2v) is 5.41. The van der Waals surface area contributed by atoms with Crippen LogP contribution in [0.5, 0.6) is 5.75 Å². The molecule has 1 aromatic rings. The Labute approximate surface area is 133 Å². The maximum absolute atomic E-state index is 12.4. The SMILES string of the molecule is CC(CCOc1ccccc1)C(=O)N1CCCC1CN.Cl. The summed E-state index contributed by atoms with van der Waals surface area (Å²) < 4.78 is 5.65. The van der Waals surface area contributed by atoms with Gasteiger partial charge in [0.2, 0.25) is 5.91 Å². The minimum absolute atomic E-state index is 0. The Morgan fingerprint density at radius 1 is 1.43 bits per heavy atom. The third-order valence-electron chi connectivity index (χ3n) is 3.92. The fraction of sp³-hybridized carbons (Fsp3) is 0.562. The number of nitrogens with two attached hydrogens (primary N) is 1. The summed E-state index contributed by atoms with van der Waals surface area (Å²) in [6.07, 6.45) is 2.85. The number of hydrogen-bond acceptors (Lipinski definition) is 3. The summed E-state index contributed by atoms with van der Waals surface area (Å²) in [7, 11) is 0. The quantitative estimate of drug-likeness (QED) is 0.878. The minimum Gasteiger partial charge on any atom is -0.494 e. The first-order valence-corrected chi connectivity index (χ1v) is 7.40. The number of benzene rings is 1. The van der Waals surface area contributed by atoms with E-state index >= 15 is 0 Å². The van der Waals surface area contributed by atoms with Gasteiger partial charge in [0.1, 0.15) is 5.75 Å². The van der Waals surface area contributed by atoms with Crippen LogP contribution in [0.25, 0.3) is 0 Å². The normalized spacial score (nSPS) is 19.0. The molecule has 1 aliphatic rings. The largest absolute Gasteiger partial charge is 0.494 e. The highest BCUT2D eigenvalue weighted by Crippen LogP contribution is 2.20. The van der Waals surface area contributed by atoms with Crippen molar-refractivity contribution in [3.8, 4) is 5.75 Å². The molecule has 118 valence electrons. The van der Waals surface area contributed by atoms with Crippen LogP contribution in [0, 0.1) is 5.92 Å². The number of halogens is 1. The van der Waals surface area contributed by atoms with Gasteiger partial charge in [0, 0.05) is 25.0 Å². The van der Waals surface area contributed by atoms with E-state index in [1.807, 2.05) is 42.2 Å². The number of rotatable bonds is 6. The standard InChI is InChI=1S/C16H24N2O2.ClH/c1-13(9-11-20-15-7-3-2-4-8-15)16(19)18-10-5-6-14(18)12-17;/h2-4,7-8,13-14H,5-6,9-12,17H2,1H3;1H. The first-order chi connectivity index (χ1) is 9.72. The highest BCUT2D eigenvalue weighted by molar-refractivity contribution is 5.85. The zero-order valence-electron chi connectivity index (χ0n) is 12.5. The van der Waals surface area contributed by atoms with Gasteiger partial charge in [-0.15, -0.1) is 12.4 Å². The topological polar surface area (TPSA) is 55.6 Å². The molecule has 1 aromatic carbocycles. The van der Waals surface area contributed by atoms with Gasteiger partial charge in [0.15, 0.2) is 0 Å². The lowest BCUT2D eigenvalue weighted by Gasteiger charge is -2.26. The molecule has 1 aliphatic heterocycles. The van der Waals surface area contributed by atoms with E-state index in [0.717, 1.165) is 31.6 Å². The molecule has 2 N–H and O–H groups in total. The van der Waals surface area contributed by atoms with Gasteiger partial charge in [-0.2, -0.15) is 0 Å². The third kappa shape index (κ3) is 4.90. The molecule has 1 heterocycles. The molecule has 0 spiro atoms. The highest BCUT2D eigenvalue weighted by Gasteiger charge is 2.30. The number of carbonyl (C=O) groups is 1. The fourth-order valence-electron chi connectivity index (χ4n) is 2.65. The number of para-hydroxylation sites is 1. The van der Waals surface area contributed by atoms with Gasteiger partial charge >= 0.3 is 0 Å². The minimum atomic E-state index is -0.00846. The van der Waals surface area contributed by atoms with Crippen LogP contribution in [0.3, 0.4) is 0 Å². The molecular formula is C16H25ClN2O2. The van der Waals surface area contributed by atoms with E-state index in [-0.39, 0.29) is 30.3 Å². The van der Waals surface area contributed by atoms with E-state index in [9.17, 15) is 4.79 Å². The molecule has 1 fully saturated rings. The lowest BCUT2D eigenvalue weighted by Crippen LogP contribution is -2.42. The van der Waals surface area contributed by atoms with Crippen molar-refractivity contribution in [3.63, 3.8) is 0 Å². The highest BCUT2D eigenvalue weighted by atomic mass is 35.5. The molecule has 1 saturated heterocycles. The predicted molar refractivity (Wildman–Crippen MR) is 86.8 cm³/mol. The molecule has 5 heteroatoms. The number of likely N-dealkylation sites (tertiary alicyclic amines) is 1. The molecule has 2 unspecified atom stereocenters. The van der Waals surface area contributed by atoms with Crippen LogP contribution in [0.4, 0.5) is 0 Å². The Morgan fingerprint density at radius 2 is 2.14 bits per heavy atom. The maximum Gasteiger partial charge on any atom is 0.225 e. The van der Waals surface area contributed by atoms with E-state index in [1.54, 1.807) is 0 Å². The Hall–Kier alpha value is -1.26. The molecule has 0 saturated carbocycles. The summed E-state index contributed by atoms with van der Waals surface area (Å²) >= 11 is 0. The molecular weight excluding hydrogens is 288 g/mol.